The molecular formula is C16H23ClN2O3. The number of urea groups is 1. The number of ether oxygens (including phenoxy) is 1. The number of hydrogen-bond donors (Lipinski definition) is 2. The van der Waals surface area contributed by atoms with Gasteiger partial charge in [0.15, 0.2) is 0 Å². The number of likely N-dealkylation sites (tertiary alicyclic amines) is 1. The first-order valence-corrected chi connectivity index (χ1v) is 8.11. The molecule has 1 aromatic rings. The smallest absolute Gasteiger partial charge is 0.321 e. The third-order valence-electron chi connectivity index (χ3n) is 3.71. The number of piperidine rings is 1. The van der Waals surface area contributed by atoms with Crippen LogP contribution in [0.1, 0.15) is 26.2 Å². The molecule has 1 atom stereocenters. The summed E-state index contributed by atoms with van der Waals surface area (Å²) in [7, 11) is 0. The highest BCUT2D eigenvalue weighted by atomic mass is 35.5. The summed E-state index contributed by atoms with van der Waals surface area (Å²) >= 11 is 6.16. The van der Waals surface area contributed by atoms with E-state index in [1.165, 1.54) is 0 Å². The van der Waals surface area contributed by atoms with Crippen molar-refractivity contribution in [2.24, 2.45) is 5.92 Å². The van der Waals surface area contributed by atoms with E-state index in [0.717, 1.165) is 19.3 Å². The van der Waals surface area contributed by atoms with E-state index in [2.05, 4.69) is 5.32 Å². The molecule has 0 aliphatic carbocycles. The van der Waals surface area contributed by atoms with Crippen molar-refractivity contribution in [3.63, 3.8) is 0 Å². The monoisotopic (exact) mass is 326 g/mol. The SMILES string of the molecule is CCCOc1ccc(NC(=O)N2CCCC(CO)C2)cc1Cl. The number of benzene rings is 1. The minimum atomic E-state index is -0.156. The fourth-order valence-corrected chi connectivity index (χ4v) is 2.74. The Morgan fingerprint density at radius 2 is 2.36 bits per heavy atom. The Hall–Kier alpha value is -1.46. The first-order chi connectivity index (χ1) is 10.6. The normalized spacial score (nSPS) is 18.1. The molecule has 6 heteroatoms. The summed E-state index contributed by atoms with van der Waals surface area (Å²) in [6.07, 6.45) is 2.80. The second-order valence-corrected chi connectivity index (χ2v) is 5.97. The number of hydrogen-bond acceptors (Lipinski definition) is 3. The van der Waals surface area contributed by atoms with Crippen molar-refractivity contribution in [1.29, 1.82) is 0 Å². The summed E-state index contributed by atoms with van der Waals surface area (Å²) in [6, 6.07) is 5.08. The molecule has 0 aromatic heterocycles. The van der Waals surface area contributed by atoms with Crippen molar-refractivity contribution in [3.8, 4) is 5.75 Å². The summed E-state index contributed by atoms with van der Waals surface area (Å²) in [4.78, 5) is 14.0. The summed E-state index contributed by atoms with van der Waals surface area (Å²) in [5.41, 5.74) is 0.643. The lowest BCUT2D eigenvalue weighted by Crippen LogP contribution is -2.43. The fraction of sp³-hybridized carbons (Fsp3) is 0.562. The van der Waals surface area contributed by atoms with Gasteiger partial charge in [-0.2, -0.15) is 0 Å². The molecule has 5 nitrogen and oxygen atoms in total. The molecule has 22 heavy (non-hydrogen) atoms. The van der Waals surface area contributed by atoms with Crippen LogP contribution in [-0.4, -0.2) is 42.3 Å². The van der Waals surface area contributed by atoms with Crippen molar-refractivity contribution in [1.82, 2.24) is 4.90 Å². The molecule has 0 spiro atoms. The number of amides is 2. The maximum atomic E-state index is 12.3. The van der Waals surface area contributed by atoms with Crippen LogP contribution in [0.3, 0.4) is 0 Å². The fourth-order valence-electron chi connectivity index (χ4n) is 2.51. The summed E-state index contributed by atoms with van der Waals surface area (Å²) in [6.45, 7) is 4.07. The third-order valence-corrected chi connectivity index (χ3v) is 4.00. The highest BCUT2D eigenvalue weighted by Crippen LogP contribution is 2.28. The van der Waals surface area contributed by atoms with Gasteiger partial charge in [0.2, 0.25) is 0 Å². The summed E-state index contributed by atoms with van der Waals surface area (Å²) in [5, 5.41) is 12.6. The first-order valence-electron chi connectivity index (χ1n) is 7.73. The summed E-state index contributed by atoms with van der Waals surface area (Å²) in [5.74, 6) is 0.799. The largest absolute Gasteiger partial charge is 0.492 e. The van der Waals surface area contributed by atoms with Crippen LogP contribution < -0.4 is 10.1 Å². The molecule has 1 aliphatic heterocycles. The van der Waals surface area contributed by atoms with Gasteiger partial charge in [-0.1, -0.05) is 18.5 Å². The second-order valence-electron chi connectivity index (χ2n) is 5.56. The molecule has 1 heterocycles. The Morgan fingerprint density at radius 3 is 3.05 bits per heavy atom. The number of anilines is 1. The van der Waals surface area contributed by atoms with Gasteiger partial charge in [-0.3, -0.25) is 0 Å². The lowest BCUT2D eigenvalue weighted by Gasteiger charge is -2.31. The van der Waals surface area contributed by atoms with Crippen LogP contribution in [0.15, 0.2) is 18.2 Å². The molecule has 0 saturated carbocycles. The number of rotatable bonds is 5. The molecule has 1 saturated heterocycles. The maximum Gasteiger partial charge on any atom is 0.321 e. The third kappa shape index (κ3) is 4.52. The van der Waals surface area contributed by atoms with Crippen LogP contribution >= 0.6 is 11.6 Å². The van der Waals surface area contributed by atoms with Crippen LogP contribution in [0.4, 0.5) is 10.5 Å². The van der Waals surface area contributed by atoms with Crippen LogP contribution in [-0.2, 0) is 0 Å². The number of nitrogens with zero attached hydrogens (tertiary/aromatic N) is 1. The standard InChI is InChI=1S/C16H23ClN2O3/c1-2-8-22-15-6-5-13(9-14(15)17)18-16(21)19-7-3-4-12(10-19)11-20/h5-6,9,12,20H,2-4,7-8,10-11H2,1H3,(H,18,21). The number of carbonyl (C=O) groups is 1. The molecule has 2 N–H and O–H groups in total. The lowest BCUT2D eigenvalue weighted by atomic mass is 9.99. The molecule has 1 fully saturated rings. The quantitative estimate of drug-likeness (QED) is 0.872. The predicted octanol–water partition coefficient (Wildman–Crippen LogP) is 3.37. The van der Waals surface area contributed by atoms with Gasteiger partial charge in [0.1, 0.15) is 5.75 Å². The molecular weight excluding hydrogens is 304 g/mol. The van der Waals surface area contributed by atoms with E-state index < -0.39 is 0 Å². The van der Waals surface area contributed by atoms with Gasteiger partial charge in [-0.05, 0) is 43.4 Å². The van der Waals surface area contributed by atoms with Crippen molar-refractivity contribution < 1.29 is 14.6 Å². The Morgan fingerprint density at radius 1 is 1.55 bits per heavy atom. The van der Waals surface area contributed by atoms with Gasteiger partial charge in [0.25, 0.3) is 0 Å². The van der Waals surface area contributed by atoms with E-state index >= 15 is 0 Å². The molecule has 1 aromatic carbocycles. The van der Waals surface area contributed by atoms with Crippen LogP contribution in [0, 0.1) is 5.92 Å². The Kier molecular flexibility index (Phi) is 6.34. The highest BCUT2D eigenvalue weighted by Gasteiger charge is 2.23. The first kappa shape index (κ1) is 16.9. The van der Waals surface area contributed by atoms with Gasteiger partial charge in [0, 0.05) is 25.4 Å². The van der Waals surface area contributed by atoms with Crippen molar-refractivity contribution in [3.05, 3.63) is 23.2 Å². The number of aliphatic hydroxyl groups excluding tert-OH is 1. The molecule has 0 bridgehead atoms. The van der Waals surface area contributed by atoms with Gasteiger partial charge >= 0.3 is 6.03 Å². The Bertz CT molecular complexity index is 510. The van der Waals surface area contributed by atoms with E-state index in [1.54, 1.807) is 23.1 Å². The van der Waals surface area contributed by atoms with E-state index in [1.807, 2.05) is 6.92 Å². The van der Waals surface area contributed by atoms with E-state index in [0.29, 0.717) is 36.2 Å². The number of halogens is 1. The van der Waals surface area contributed by atoms with Crippen LogP contribution in [0.25, 0.3) is 0 Å². The van der Waals surface area contributed by atoms with E-state index in [4.69, 9.17) is 16.3 Å². The van der Waals surface area contributed by atoms with Crippen molar-refractivity contribution >= 4 is 23.3 Å². The Balaban J connectivity index is 1.95. The number of carbonyl (C=O) groups excluding carboxylic acids is 1. The molecule has 2 rings (SSSR count). The average Bonchev–Trinajstić information content (AvgIpc) is 2.54. The average molecular weight is 327 g/mol. The zero-order chi connectivity index (χ0) is 15.9. The molecule has 122 valence electrons. The zero-order valence-corrected chi connectivity index (χ0v) is 13.6. The van der Waals surface area contributed by atoms with Gasteiger partial charge in [-0.25, -0.2) is 4.79 Å². The second kappa shape index (κ2) is 8.25. The summed E-state index contributed by atoms with van der Waals surface area (Å²) < 4.78 is 5.51. The zero-order valence-electron chi connectivity index (χ0n) is 12.8. The van der Waals surface area contributed by atoms with Crippen molar-refractivity contribution in [2.75, 3.05) is 31.6 Å². The Labute approximate surface area is 136 Å². The van der Waals surface area contributed by atoms with Crippen LogP contribution in [0.5, 0.6) is 5.75 Å². The molecule has 0 radical (unpaired) electrons. The molecule has 1 aliphatic rings. The highest BCUT2D eigenvalue weighted by molar-refractivity contribution is 6.32. The van der Waals surface area contributed by atoms with E-state index in [9.17, 15) is 9.90 Å². The topological polar surface area (TPSA) is 61.8 Å². The van der Waals surface area contributed by atoms with Gasteiger partial charge in [-0.15, -0.1) is 0 Å². The minimum absolute atomic E-state index is 0.124. The van der Waals surface area contributed by atoms with Crippen molar-refractivity contribution in [2.45, 2.75) is 26.2 Å². The number of aliphatic hydroxyl groups is 1. The molecule has 2 amide bonds. The van der Waals surface area contributed by atoms with Crippen LogP contribution in [0.2, 0.25) is 5.02 Å². The minimum Gasteiger partial charge on any atom is -0.492 e. The van der Waals surface area contributed by atoms with Gasteiger partial charge < -0.3 is 20.1 Å². The van der Waals surface area contributed by atoms with Gasteiger partial charge in [0.05, 0.1) is 11.6 Å². The predicted molar refractivity (Wildman–Crippen MR) is 87.6 cm³/mol. The molecule has 1 unspecified atom stereocenters. The lowest BCUT2D eigenvalue weighted by molar-refractivity contribution is 0.136. The van der Waals surface area contributed by atoms with E-state index in [-0.39, 0.29) is 18.6 Å². The number of nitrogens with one attached hydrogen (secondary N) is 1. The maximum absolute atomic E-state index is 12.3.